The van der Waals surface area contributed by atoms with Gasteiger partial charge >= 0.3 is 5.97 Å². The molecule has 2 aromatic heterocycles. The maximum atomic E-state index is 13.6. The van der Waals surface area contributed by atoms with Crippen molar-refractivity contribution in [3.63, 3.8) is 0 Å². The van der Waals surface area contributed by atoms with Gasteiger partial charge < -0.3 is 9.47 Å². The number of carbonyl (C=O) groups is 1. The van der Waals surface area contributed by atoms with Crippen molar-refractivity contribution in [1.82, 2.24) is 4.57 Å². The Morgan fingerprint density at radius 3 is 2.51 bits per heavy atom. The van der Waals surface area contributed by atoms with Crippen molar-refractivity contribution in [2.45, 2.75) is 39.5 Å². The van der Waals surface area contributed by atoms with E-state index in [9.17, 15) is 9.59 Å². The van der Waals surface area contributed by atoms with Crippen LogP contribution in [0, 0.1) is 0 Å². The van der Waals surface area contributed by atoms with E-state index in [0.717, 1.165) is 21.8 Å². The standard InChI is InChI=1S/C29H26N2O4S2/c1-18(2)35-28(33)25-19(3)30-29-31(26(25)23-10-7-15-36-23)27(32)24(37-29)16-20-11-13-22(14-12-20)34-17-21-8-5-4-6-9-21/h4-16,18,26H,17H2,1-3H3. The molecule has 2 aromatic carbocycles. The molecule has 8 heteroatoms. The minimum Gasteiger partial charge on any atom is -0.489 e. The fourth-order valence-electron chi connectivity index (χ4n) is 4.13. The first-order valence-electron chi connectivity index (χ1n) is 11.9. The average Bonchev–Trinajstić information content (AvgIpc) is 3.51. The van der Waals surface area contributed by atoms with E-state index in [1.807, 2.05) is 78.2 Å². The number of thiazole rings is 1. The number of fused-ring (bicyclic) bond motifs is 1. The number of esters is 1. The van der Waals surface area contributed by atoms with Crippen molar-refractivity contribution < 1.29 is 14.3 Å². The monoisotopic (exact) mass is 530 g/mol. The second-order valence-corrected chi connectivity index (χ2v) is 10.9. The predicted molar refractivity (Wildman–Crippen MR) is 147 cm³/mol. The summed E-state index contributed by atoms with van der Waals surface area (Å²) in [6.07, 6.45) is 1.57. The van der Waals surface area contributed by atoms with Gasteiger partial charge in [0.05, 0.1) is 21.9 Å². The lowest BCUT2D eigenvalue weighted by Gasteiger charge is -2.24. The molecule has 5 rings (SSSR count). The van der Waals surface area contributed by atoms with Crippen LogP contribution in [0.4, 0.5) is 0 Å². The summed E-state index contributed by atoms with van der Waals surface area (Å²) in [4.78, 5) is 32.8. The lowest BCUT2D eigenvalue weighted by atomic mass is 10.0. The lowest BCUT2D eigenvalue weighted by Crippen LogP contribution is -2.39. The van der Waals surface area contributed by atoms with Gasteiger partial charge in [0.15, 0.2) is 4.80 Å². The third-order valence-corrected chi connectivity index (χ3v) is 7.73. The molecular weight excluding hydrogens is 504 g/mol. The number of rotatable bonds is 7. The third kappa shape index (κ3) is 5.35. The first-order valence-corrected chi connectivity index (χ1v) is 13.6. The Bertz CT molecular complexity index is 1610. The summed E-state index contributed by atoms with van der Waals surface area (Å²) in [6.45, 7) is 5.90. The summed E-state index contributed by atoms with van der Waals surface area (Å²) in [5, 5.41) is 1.94. The fourth-order valence-corrected chi connectivity index (χ4v) is 6.00. The number of allylic oxidation sites excluding steroid dienone is 1. The van der Waals surface area contributed by atoms with E-state index in [4.69, 9.17) is 9.47 Å². The molecule has 0 aliphatic carbocycles. The topological polar surface area (TPSA) is 69.9 Å². The van der Waals surface area contributed by atoms with E-state index in [1.165, 1.54) is 22.7 Å². The Labute approximate surface area is 222 Å². The maximum absolute atomic E-state index is 13.6. The summed E-state index contributed by atoms with van der Waals surface area (Å²) < 4.78 is 13.6. The van der Waals surface area contributed by atoms with Gasteiger partial charge in [0.1, 0.15) is 18.4 Å². The average molecular weight is 531 g/mol. The third-order valence-electron chi connectivity index (χ3n) is 5.82. The second kappa shape index (κ2) is 10.7. The summed E-state index contributed by atoms with van der Waals surface area (Å²) in [7, 11) is 0. The second-order valence-electron chi connectivity index (χ2n) is 8.89. The Balaban J connectivity index is 1.48. The number of ether oxygens (including phenoxy) is 2. The summed E-state index contributed by atoms with van der Waals surface area (Å²) in [6, 6.07) is 20.9. The molecule has 0 radical (unpaired) electrons. The number of aromatic nitrogens is 1. The Hall–Kier alpha value is -3.75. The lowest BCUT2D eigenvalue weighted by molar-refractivity contribution is -0.143. The van der Waals surface area contributed by atoms with Gasteiger partial charge in [-0.2, -0.15) is 0 Å². The number of nitrogens with zero attached hydrogens (tertiary/aromatic N) is 2. The van der Waals surface area contributed by atoms with Gasteiger partial charge in [0, 0.05) is 4.88 Å². The highest BCUT2D eigenvalue weighted by molar-refractivity contribution is 7.10. The molecule has 4 aromatic rings. The molecule has 0 spiro atoms. The van der Waals surface area contributed by atoms with Gasteiger partial charge in [-0.1, -0.05) is 59.9 Å². The van der Waals surface area contributed by atoms with Crippen LogP contribution in [0.25, 0.3) is 6.08 Å². The summed E-state index contributed by atoms with van der Waals surface area (Å²) >= 11 is 2.82. The van der Waals surface area contributed by atoms with Crippen LogP contribution in [0.5, 0.6) is 5.75 Å². The van der Waals surface area contributed by atoms with Crippen LogP contribution in [0.2, 0.25) is 0 Å². The molecular formula is C29H26N2O4S2. The molecule has 0 amide bonds. The Kier molecular flexibility index (Phi) is 7.21. The molecule has 0 fully saturated rings. The Morgan fingerprint density at radius 2 is 1.84 bits per heavy atom. The SMILES string of the molecule is CC1=C(C(=O)OC(C)C)C(c2cccs2)n2c(sc(=Cc3ccc(OCc4ccccc4)cc3)c2=O)=N1. The van der Waals surface area contributed by atoms with E-state index in [0.29, 0.717) is 27.2 Å². The number of benzene rings is 2. The molecule has 0 saturated heterocycles. The Morgan fingerprint density at radius 1 is 1.08 bits per heavy atom. The molecule has 188 valence electrons. The molecule has 6 nitrogen and oxygen atoms in total. The van der Waals surface area contributed by atoms with Crippen molar-refractivity contribution in [2.24, 2.45) is 4.99 Å². The minimum absolute atomic E-state index is 0.186. The largest absolute Gasteiger partial charge is 0.489 e. The maximum Gasteiger partial charge on any atom is 0.338 e. The van der Waals surface area contributed by atoms with Gasteiger partial charge in [0.25, 0.3) is 5.56 Å². The fraction of sp³-hybridized carbons (Fsp3) is 0.207. The van der Waals surface area contributed by atoms with Crippen molar-refractivity contribution >= 4 is 34.7 Å². The smallest absolute Gasteiger partial charge is 0.338 e. The van der Waals surface area contributed by atoms with Crippen LogP contribution in [-0.4, -0.2) is 16.6 Å². The molecule has 0 saturated carbocycles. The van der Waals surface area contributed by atoms with Gasteiger partial charge in [-0.05, 0) is 61.6 Å². The summed E-state index contributed by atoms with van der Waals surface area (Å²) in [5.41, 5.74) is 2.75. The molecule has 0 N–H and O–H groups in total. The molecule has 3 heterocycles. The summed E-state index contributed by atoms with van der Waals surface area (Å²) in [5.74, 6) is 0.305. The molecule has 1 aliphatic heterocycles. The van der Waals surface area contributed by atoms with E-state index in [2.05, 4.69) is 4.99 Å². The van der Waals surface area contributed by atoms with Gasteiger partial charge in [0.2, 0.25) is 0 Å². The van der Waals surface area contributed by atoms with Crippen molar-refractivity contribution in [1.29, 1.82) is 0 Å². The quantitative estimate of drug-likeness (QED) is 0.321. The van der Waals surface area contributed by atoms with E-state index < -0.39 is 12.0 Å². The van der Waals surface area contributed by atoms with Gasteiger partial charge in [-0.3, -0.25) is 9.36 Å². The van der Waals surface area contributed by atoms with Crippen LogP contribution >= 0.6 is 22.7 Å². The minimum atomic E-state index is -0.571. The first-order chi connectivity index (χ1) is 17.9. The number of hydrogen-bond acceptors (Lipinski definition) is 7. The van der Waals surface area contributed by atoms with Gasteiger partial charge in [-0.15, -0.1) is 11.3 Å². The van der Waals surface area contributed by atoms with Crippen molar-refractivity contribution in [2.75, 3.05) is 0 Å². The van der Waals surface area contributed by atoms with Crippen LogP contribution in [-0.2, 0) is 16.1 Å². The predicted octanol–water partition coefficient (Wildman–Crippen LogP) is 4.83. The van der Waals surface area contributed by atoms with Gasteiger partial charge in [-0.25, -0.2) is 9.79 Å². The zero-order chi connectivity index (χ0) is 25.9. The molecule has 1 aliphatic rings. The number of carbonyl (C=O) groups excluding carboxylic acids is 1. The highest BCUT2D eigenvalue weighted by Crippen LogP contribution is 2.33. The molecule has 1 unspecified atom stereocenters. The zero-order valence-electron chi connectivity index (χ0n) is 20.7. The van der Waals surface area contributed by atoms with Crippen LogP contribution < -0.4 is 19.6 Å². The normalized spacial score (nSPS) is 15.5. The van der Waals surface area contributed by atoms with E-state index in [1.54, 1.807) is 25.3 Å². The highest BCUT2D eigenvalue weighted by Gasteiger charge is 2.34. The first kappa shape index (κ1) is 24.9. The van der Waals surface area contributed by atoms with E-state index in [-0.39, 0.29) is 11.7 Å². The number of thiophene rings is 1. The number of hydrogen-bond donors (Lipinski definition) is 0. The van der Waals surface area contributed by atoms with Crippen LogP contribution in [0.15, 0.2) is 93.2 Å². The van der Waals surface area contributed by atoms with Crippen molar-refractivity contribution in [3.05, 3.63) is 119 Å². The molecule has 0 bridgehead atoms. The highest BCUT2D eigenvalue weighted by atomic mass is 32.1. The van der Waals surface area contributed by atoms with Crippen LogP contribution in [0.3, 0.4) is 0 Å². The zero-order valence-corrected chi connectivity index (χ0v) is 22.3. The molecule has 37 heavy (non-hydrogen) atoms. The van der Waals surface area contributed by atoms with Crippen molar-refractivity contribution in [3.8, 4) is 5.75 Å². The van der Waals surface area contributed by atoms with Crippen LogP contribution in [0.1, 0.15) is 42.8 Å². The molecule has 1 atom stereocenters. The van der Waals surface area contributed by atoms with E-state index >= 15 is 0 Å².